The number of aliphatic hydroxyl groups excluding tert-OH is 1. The average Bonchev–Trinajstić information content (AvgIpc) is 3.08. The van der Waals surface area contributed by atoms with Crippen molar-refractivity contribution in [2.24, 2.45) is 0 Å². The minimum absolute atomic E-state index is 0.0345. The summed E-state index contributed by atoms with van der Waals surface area (Å²) in [6.45, 7) is 0.112. The highest BCUT2D eigenvalue weighted by Gasteiger charge is 2.24. The van der Waals surface area contributed by atoms with Gasteiger partial charge in [-0.25, -0.2) is 4.79 Å². The molecule has 0 saturated carbocycles. The van der Waals surface area contributed by atoms with E-state index in [1.165, 1.54) is 29.9 Å². The minimum Gasteiger partial charge on any atom is -0.466 e. The smallest absolute Gasteiger partial charge is 0.330 e. The molecule has 1 aliphatic carbocycles. The number of methoxy groups -OCH3 is 1. The van der Waals surface area contributed by atoms with Gasteiger partial charge in [0.2, 0.25) is 0 Å². The van der Waals surface area contributed by atoms with Crippen LogP contribution in [-0.4, -0.2) is 30.8 Å². The molecule has 0 heterocycles. The molecule has 1 unspecified atom stereocenters. The maximum atomic E-state index is 11.2. The molecule has 3 rings (SSSR count). The molecule has 2 aromatic carbocycles. The van der Waals surface area contributed by atoms with Gasteiger partial charge in [-0.1, -0.05) is 48.5 Å². The van der Waals surface area contributed by atoms with E-state index >= 15 is 0 Å². The maximum Gasteiger partial charge on any atom is 0.330 e. The van der Waals surface area contributed by atoms with Crippen molar-refractivity contribution in [3.63, 3.8) is 0 Å². The van der Waals surface area contributed by atoms with Crippen LogP contribution < -0.4 is 5.32 Å². The van der Waals surface area contributed by atoms with E-state index in [-0.39, 0.29) is 24.7 Å². The molecule has 0 aliphatic heterocycles. The van der Waals surface area contributed by atoms with Gasteiger partial charge in [0.1, 0.15) is 0 Å². The first-order valence-electron chi connectivity index (χ1n) is 8.99. The van der Waals surface area contributed by atoms with Gasteiger partial charge in [-0.05, 0) is 47.6 Å². The fraction of sp³-hybridized carbons (Fsp3) is 0.318. The highest BCUT2D eigenvalue weighted by atomic mass is 16.5. The molecule has 26 heavy (non-hydrogen) atoms. The number of hydrogen-bond acceptors (Lipinski definition) is 4. The molecular formula is C22H25NO3. The van der Waals surface area contributed by atoms with Crippen LogP contribution in [0.2, 0.25) is 0 Å². The Kier molecular flexibility index (Phi) is 6.21. The second-order valence-corrected chi connectivity index (χ2v) is 6.64. The molecule has 0 aromatic heterocycles. The number of aliphatic hydroxyl groups is 1. The first kappa shape index (κ1) is 18.4. The molecule has 4 heteroatoms. The molecule has 0 radical (unpaired) electrons. The Labute approximate surface area is 154 Å². The summed E-state index contributed by atoms with van der Waals surface area (Å²) in [6.07, 6.45) is 6.04. The van der Waals surface area contributed by atoms with Crippen LogP contribution in [0.1, 0.15) is 34.7 Å². The number of aryl methyl sites for hydroxylation is 1. The number of carbonyl (C=O) groups excluding carboxylic acids is 1. The normalized spacial score (nSPS) is 17.2. The van der Waals surface area contributed by atoms with E-state index in [1.54, 1.807) is 6.08 Å². The number of hydrogen-bond donors (Lipinski definition) is 2. The van der Waals surface area contributed by atoms with Gasteiger partial charge in [-0.2, -0.15) is 0 Å². The highest BCUT2D eigenvalue weighted by molar-refractivity contribution is 5.86. The van der Waals surface area contributed by atoms with E-state index in [0.29, 0.717) is 0 Å². The maximum absolute atomic E-state index is 11.2. The molecule has 2 atom stereocenters. The van der Waals surface area contributed by atoms with Crippen LogP contribution in [0.3, 0.4) is 0 Å². The Bertz CT molecular complexity index is 770. The van der Waals surface area contributed by atoms with E-state index in [1.807, 2.05) is 24.3 Å². The zero-order valence-electron chi connectivity index (χ0n) is 15.0. The zero-order chi connectivity index (χ0) is 18.4. The van der Waals surface area contributed by atoms with Crippen molar-refractivity contribution >= 4 is 12.0 Å². The SMILES string of the molecule is COC(=O)/C=C/c1ccc2c(c1)CCC2N[C@@H](CO)Cc1ccccc1. The van der Waals surface area contributed by atoms with Crippen LogP contribution in [0.15, 0.2) is 54.6 Å². The lowest BCUT2D eigenvalue weighted by Gasteiger charge is -2.22. The quantitative estimate of drug-likeness (QED) is 0.595. The van der Waals surface area contributed by atoms with Crippen molar-refractivity contribution in [3.05, 3.63) is 76.9 Å². The van der Waals surface area contributed by atoms with Crippen LogP contribution >= 0.6 is 0 Å². The Morgan fingerprint density at radius 1 is 1.31 bits per heavy atom. The zero-order valence-corrected chi connectivity index (χ0v) is 15.0. The van der Waals surface area contributed by atoms with E-state index in [0.717, 1.165) is 24.8 Å². The first-order valence-corrected chi connectivity index (χ1v) is 8.99. The third-order valence-corrected chi connectivity index (χ3v) is 4.84. The Balaban J connectivity index is 1.67. The summed E-state index contributed by atoms with van der Waals surface area (Å²) in [5.74, 6) is -0.350. The third kappa shape index (κ3) is 4.59. The molecule has 4 nitrogen and oxygen atoms in total. The number of fused-ring (bicyclic) bond motifs is 1. The molecule has 0 amide bonds. The predicted molar refractivity (Wildman–Crippen MR) is 103 cm³/mol. The van der Waals surface area contributed by atoms with Crippen molar-refractivity contribution in [2.45, 2.75) is 31.3 Å². The second-order valence-electron chi connectivity index (χ2n) is 6.64. The lowest BCUT2D eigenvalue weighted by Crippen LogP contribution is -2.36. The van der Waals surface area contributed by atoms with Gasteiger partial charge < -0.3 is 15.2 Å². The molecule has 0 spiro atoms. The number of benzene rings is 2. The number of nitrogens with one attached hydrogen (secondary N) is 1. The summed E-state index contributed by atoms with van der Waals surface area (Å²) in [7, 11) is 1.37. The Hall–Kier alpha value is -2.43. The number of carbonyl (C=O) groups is 1. The standard InChI is InChI=1S/C22H25NO3/c1-26-22(25)12-8-17-7-10-20-18(13-17)9-11-21(20)23-19(15-24)14-16-5-3-2-4-6-16/h2-8,10,12-13,19,21,23-24H,9,11,14-15H2,1H3/b12-8+/t19-,21?/m1/s1. The van der Waals surface area contributed by atoms with Crippen LogP contribution in [0, 0.1) is 0 Å². The van der Waals surface area contributed by atoms with Crippen LogP contribution in [0.4, 0.5) is 0 Å². The van der Waals surface area contributed by atoms with E-state index < -0.39 is 0 Å². The van der Waals surface area contributed by atoms with Gasteiger partial charge in [0.15, 0.2) is 0 Å². The van der Waals surface area contributed by atoms with E-state index in [4.69, 9.17) is 0 Å². The summed E-state index contributed by atoms with van der Waals surface area (Å²) in [5.41, 5.74) is 4.80. The van der Waals surface area contributed by atoms with Crippen molar-refractivity contribution in [1.29, 1.82) is 0 Å². The molecule has 2 N–H and O–H groups in total. The van der Waals surface area contributed by atoms with Gasteiger partial charge in [-0.15, -0.1) is 0 Å². The first-order chi connectivity index (χ1) is 12.7. The van der Waals surface area contributed by atoms with Crippen LogP contribution in [0.5, 0.6) is 0 Å². The Morgan fingerprint density at radius 3 is 2.85 bits per heavy atom. The molecule has 0 saturated heterocycles. The van der Waals surface area contributed by atoms with Crippen molar-refractivity contribution in [2.75, 3.05) is 13.7 Å². The van der Waals surface area contributed by atoms with Crippen LogP contribution in [-0.2, 0) is 22.4 Å². The molecule has 1 aliphatic rings. The van der Waals surface area contributed by atoms with Gasteiger partial charge in [0.05, 0.1) is 13.7 Å². The second kappa shape index (κ2) is 8.79. The summed E-state index contributed by atoms with van der Waals surface area (Å²) >= 11 is 0. The Morgan fingerprint density at radius 2 is 2.12 bits per heavy atom. The van der Waals surface area contributed by atoms with Crippen molar-refractivity contribution in [3.8, 4) is 0 Å². The van der Waals surface area contributed by atoms with E-state index in [9.17, 15) is 9.90 Å². The summed E-state index contributed by atoms with van der Waals surface area (Å²) < 4.78 is 4.63. The van der Waals surface area contributed by atoms with Crippen molar-refractivity contribution < 1.29 is 14.6 Å². The summed E-state index contributed by atoms with van der Waals surface area (Å²) in [5, 5.41) is 13.4. The van der Waals surface area contributed by atoms with Gasteiger partial charge >= 0.3 is 5.97 Å². The van der Waals surface area contributed by atoms with Crippen molar-refractivity contribution in [1.82, 2.24) is 5.32 Å². The van der Waals surface area contributed by atoms with Gasteiger partial charge in [-0.3, -0.25) is 0 Å². The van der Waals surface area contributed by atoms with Gasteiger partial charge in [0, 0.05) is 18.2 Å². The lowest BCUT2D eigenvalue weighted by molar-refractivity contribution is -0.134. The average molecular weight is 351 g/mol. The summed E-state index contributed by atoms with van der Waals surface area (Å²) in [4.78, 5) is 11.2. The molecule has 0 bridgehead atoms. The largest absolute Gasteiger partial charge is 0.466 e. The number of rotatable bonds is 7. The predicted octanol–water partition coefficient (Wildman–Crippen LogP) is 3.05. The summed E-state index contributed by atoms with van der Waals surface area (Å²) in [6, 6.07) is 16.8. The van der Waals surface area contributed by atoms with Gasteiger partial charge in [0.25, 0.3) is 0 Å². The fourth-order valence-corrected chi connectivity index (χ4v) is 3.51. The topological polar surface area (TPSA) is 58.6 Å². The molecule has 136 valence electrons. The fourth-order valence-electron chi connectivity index (χ4n) is 3.51. The van der Waals surface area contributed by atoms with Crippen LogP contribution in [0.25, 0.3) is 6.08 Å². The highest BCUT2D eigenvalue weighted by Crippen LogP contribution is 2.32. The van der Waals surface area contributed by atoms with E-state index in [2.05, 4.69) is 34.3 Å². The molecule has 2 aromatic rings. The molecule has 0 fully saturated rings. The number of ether oxygens (including phenoxy) is 1. The lowest BCUT2D eigenvalue weighted by atomic mass is 10.0. The monoisotopic (exact) mass is 351 g/mol. The number of esters is 1. The minimum atomic E-state index is -0.350. The molecular weight excluding hydrogens is 326 g/mol. The third-order valence-electron chi connectivity index (χ3n) is 4.84.